The summed E-state index contributed by atoms with van der Waals surface area (Å²) < 4.78 is 10.7. The Balaban J connectivity index is 1.44. The smallest absolute Gasteiger partial charge is 0.353 e. The topological polar surface area (TPSA) is 111 Å². The second-order valence-electron chi connectivity index (χ2n) is 6.87. The van der Waals surface area contributed by atoms with Crippen molar-refractivity contribution < 1.29 is 14.4 Å². The standard InChI is InChI=1S/C22H17N5O4/c28-27(29)20-21(23-11-14-8-9-18-19(10-14)31-13-30-18)24-12-25-22(20)26-17-7-3-5-15-4-1-2-6-16(15)17/h1-10,12H,11,13H2,(H2,23,24,25,26). The zero-order chi connectivity index (χ0) is 21.2. The average molecular weight is 415 g/mol. The van der Waals surface area contributed by atoms with Gasteiger partial charge in [0.05, 0.1) is 4.92 Å². The number of hydrogen-bond donors (Lipinski definition) is 2. The van der Waals surface area contributed by atoms with E-state index in [-0.39, 0.29) is 24.1 Å². The van der Waals surface area contributed by atoms with Crippen molar-refractivity contribution in [2.75, 3.05) is 17.4 Å². The van der Waals surface area contributed by atoms with Crippen LogP contribution in [0.2, 0.25) is 0 Å². The highest BCUT2D eigenvalue weighted by Crippen LogP contribution is 2.35. The first kappa shape index (κ1) is 18.6. The van der Waals surface area contributed by atoms with Gasteiger partial charge < -0.3 is 20.1 Å². The van der Waals surface area contributed by atoms with Crippen molar-refractivity contribution in [1.29, 1.82) is 0 Å². The van der Waals surface area contributed by atoms with E-state index in [2.05, 4.69) is 20.6 Å². The van der Waals surface area contributed by atoms with Gasteiger partial charge in [0.2, 0.25) is 18.4 Å². The summed E-state index contributed by atoms with van der Waals surface area (Å²) in [5.74, 6) is 1.57. The van der Waals surface area contributed by atoms with Gasteiger partial charge >= 0.3 is 5.69 Å². The highest BCUT2D eigenvalue weighted by molar-refractivity contribution is 5.96. The van der Waals surface area contributed by atoms with E-state index in [4.69, 9.17) is 9.47 Å². The minimum atomic E-state index is -0.491. The predicted octanol–water partition coefficient (Wildman–Crippen LogP) is 4.62. The fourth-order valence-electron chi connectivity index (χ4n) is 3.47. The predicted molar refractivity (Wildman–Crippen MR) is 116 cm³/mol. The number of ether oxygens (including phenoxy) is 2. The third-order valence-corrected chi connectivity index (χ3v) is 4.94. The highest BCUT2D eigenvalue weighted by Gasteiger charge is 2.23. The molecule has 3 aromatic carbocycles. The lowest BCUT2D eigenvalue weighted by atomic mass is 10.1. The number of fused-ring (bicyclic) bond motifs is 2. The minimum Gasteiger partial charge on any atom is -0.454 e. The maximum absolute atomic E-state index is 11.9. The molecule has 9 heteroatoms. The SMILES string of the molecule is O=[N+]([O-])c1c(NCc2ccc3c(c2)OCO3)ncnc1Nc1cccc2ccccc12. The van der Waals surface area contributed by atoms with E-state index in [1.165, 1.54) is 6.33 Å². The molecule has 154 valence electrons. The van der Waals surface area contributed by atoms with Crippen LogP contribution in [0.1, 0.15) is 5.56 Å². The van der Waals surface area contributed by atoms with Crippen LogP contribution in [-0.2, 0) is 6.54 Å². The first-order valence-electron chi connectivity index (χ1n) is 9.55. The van der Waals surface area contributed by atoms with Crippen molar-refractivity contribution in [3.63, 3.8) is 0 Å². The number of nitrogens with zero attached hydrogens (tertiary/aromatic N) is 3. The average Bonchev–Trinajstić information content (AvgIpc) is 3.26. The molecular weight excluding hydrogens is 398 g/mol. The largest absolute Gasteiger partial charge is 0.454 e. The summed E-state index contributed by atoms with van der Waals surface area (Å²) in [4.78, 5) is 19.6. The van der Waals surface area contributed by atoms with Gasteiger partial charge in [-0.3, -0.25) is 10.1 Å². The van der Waals surface area contributed by atoms with Crippen molar-refractivity contribution in [1.82, 2.24) is 9.97 Å². The molecule has 5 rings (SSSR count). The van der Waals surface area contributed by atoms with E-state index >= 15 is 0 Å². The molecule has 9 nitrogen and oxygen atoms in total. The number of hydrogen-bond acceptors (Lipinski definition) is 8. The summed E-state index contributed by atoms with van der Waals surface area (Å²) >= 11 is 0. The van der Waals surface area contributed by atoms with Crippen molar-refractivity contribution >= 4 is 33.8 Å². The molecule has 0 spiro atoms. The molecule has 4 aromatic rings. The van der Waals surface area contributed by atoms with Crippen LogP contribution in [0.3, 0.4) is 0 Å². The Morgan fingerprint density at radius 3 is 2.68 bits per heavy atom. The van der Waals surface area contributed by atoms with Gasteiger partial charge in [-0.25, -0.2) is 9.97 Å². The van der Waals surface area contributed by atoms with Crippen molar-refractivity contribution in [3.8, 4) is 11.5 Å². The summed E-state index contributed by atoms with van der Waals surface area (Å²) in [5, 5.41) is 20.0. The van der Waals surface area contributed by atoms with Gasteiger partial charge in [0.1, 0.15) is 6.33 Å². The zero-order valence-corrected chi connectivity index (χ0v) is 16.2. The van der Waals surface area contributed by atoms with Crippen LogP contribution in [0.4, 0.5) is 23.0 Å². The van der Waals surface area contributed by atoms with Crippen LogP contribution in [0.5, 0.6) is 11.5 Å². The Morgan fingerprint density at radius 2 is 1.77 bits per heavy atom. The number of nitro groups is 1. The lowest BCUT2D eigenvalue weighted by Crippen LogP contribution is -2.08. The van der Waals surface area contributed by atoms with Gasteiger partial charge in [0, 0.05) is 17.6 Å². The first-order chi connectivity index (χ1) is 15.2. The zero-order valence-electron chi connectivity index (χ0n) is 16.2. The molecule has 0 atom stereocenters. The highest BCUT2D eigenvalue weighted by atomic mass is 16.7. The van der Waals surface area contributed by atoms with Crippen LogP contribution in [-0.4, -0.2) is 21.7 Å². The Morgan fingerprint density at radius 1 is 0.968 bits per heavy atom. The summed E-state index contributed by atoms with van der Waals surface area (Å²) in [6.45, 7) is 0.509. The molecule has 2 N–H and O–H groups in total. The lowest BCUT2D eigenvalue weighted by molar-refractivity contribution is -0.383. The van der Waals surface area contributed by atoms with E-state index < -0.39 is 4.92 Å². The molecule has 2 heterocycles. The quantitative estimate of drug-likeness (QED) is 0.347. The molecular formula is C22H17N5O4. The van der Waals surface area contributed by atoms with E-state index in [0.717, 1.165) is 22.0 Å². The maximum atomic E-state index is 11.9. The monoisotopic (exact) mass is 415 g/mol. The maximum Gasteiger partial charge on any atom is 0.353 e. The number of rotatable bonds is 6. The first-order valence-corrected chi connectivity index (χ1v) is 9.55. The van der Waals surface area contributed by atoms with E-state index in [9.17, 15) is 10.1 Å². The molecule has 1 aliphatic rings. The molecule has 0 radical (unpaired) electrons. The van der Waals surface area contributed by atoms with Crippen molar-refractivity contribution in [2.24, 2.45) is 0 Å². The Labute approximate surface area is 176 Å². The van der Waals surface area contributed by atoms with E-state index in [0.29, 0.717) is 18.0 Å². The Hall–Kier alpha value is -4.40. The third kappa shape index (κ3) is 3.64. The van der Waals surface area contributed by atoms with Gasteiger partial charge in [0.15, 0.2) is 11.5 Å². The number of nitrogens with one attached hydrogen (secondary N) is 2. The van der Waals surface area contributed by atoms with E-state index in [1.807, 2.05) is 54.6 Å². The van der Waals surface area contributed by atoms with E-state index in [1.54, 1.807) is 6.07 Å². The Bertz CT molecular complexity index is 1290. The summed E-state index contributed by atoms with van der Waals surface area (Å²) in [6, 6.07) is 19.0. The molecule has 0 fully saturated rings. The number of benzene rings is 3. The second kappa shape index (κ2) is 7.79. The van der Waals surface area contributed by atoms with Gasteiger partial charge in [-0.05, 0) is 29.1 Å². The molecule has 0 saturated heterocycles. The minimum absolute atomic E-state index is 0.115. The van der Waals surface area contributed by atoms with Crippen LogP contribution >= 0.6 is 0 Å². The van der Waals surface area contributed by atoms with Crippen LogP contribution in [0, 0.1) is 10.1 Å². The Kier molecular flexibility index (Phi) is 4.68. The molecule has 1 aromatic heterocycles. The lowest BCUT2D eigenvalue weighted by Gasteiger charge is -2.12. The molecule has 0 amide bonds. The van der Waals surface area contributed by atoms with Crippen molar-refractivity contribution in [3.05, 3.63) is 82.7 Å². The molecule has 0 aliphatic carbocycles. The van der Waals surface area contributed by atoms with Crippen LogP contribution in [0.25, 0.3) is 10.8 Å². The molecule has 0 saturated carbocycles. The molecule has 0 unspecified atom stereocenters. The van der Waals surface area contributed by atoms with Crippen molar-refractivity contribution in [2.45, 2.75) is 6.54 Å². The fraction of sp³-hybridized carbons (Fsp3) is 0.0909. The number of anilines is 3. The van der Waals surface area contributed by atoms with Gasteiger partial charge in [-0.2, -0.15) is 0 Å². The number of aromatic nitrogens is 2. The molecule has 31 heavy (non-hydrogen) atoms. The summed E-state index contributed by atoms with van der Waals surface area (Å²) in [7, 11) is 0. The van der Waals surface area contributed by atoms with Gasteiger partial charge in [-0.15, -0.1) is 0 Å². The van der Waals surface area contributed by atoms with Gasteiger partial charge in [0.25, 0.3) is 0 Å². The third-order valence-electron chi connectivity index (χ3n) is 4.94. The summed E-state index contributed by atoms with van der Waals surface area (Å²) in [5.41, 5.74) is 1.37. The van der Waals surface area contributed by atoms with Crippen LogP contribution in [0.15, 0.2) is 67.0 Å². The normalized spacial score (nSPS) is 12.0. The van der Waals surface area contributed by atoms with Crippen LogP contribution < -0.4 is 20.1 Å². The second-order valence-corrected chi connectivity index (χ2v) is 6.87. The molecule has 0 bridgehead atoms. The molecule has 1 aliphatic heterocycles. The summed E-state index contributed by atoms with van der Waals surface area (Å²) in [6.07, 6.45) is 1.29. The fourth-order valence-corrected chi connectivity index (χ4v) is 3.47. The van der Waals surface area contributed by atoms with Gasteiger partial charge in [-0.1, -0.05) is 42.5 Å².